The number of benzene rings is 1. The molecule has 26 nitrogen and oxygen atoms in total. The highest BCUT2D eigenvalue weighted by atomic mass is 31.2. The van der Waals surface area contributed by atoms with Crippen LogP contribution in [0.3, 0.4) is 0 Å². The number of nitrogens with zero attached hydrogens (tertiary/aromatic N) is 8. The number of aromatic nitrogens is 8. The van der Waals surface area contributed by atoms with E-state index in [1.807, 2.05) is 39.9 Å². The zero-order chi connectivity index (χ0) is 50.3. The first kappa shape index (κ1) is 51.1. The Morgan fingerprint density at radius 3 is 2.44 bits per heavy atom. The molecule has 7 heterocycles. The maximum Gasteiger partial charge on any atom is 0.695 e. The van der Waals surface area contributed by atoms with Crippen LogP contribution in [0.25, 0.3) is 22.3 Å². The lowest BCUT2D eigenvalue weighted by molar-refractivity contribution is -0.184. The van der Waals surface area contributed by atoms with E-state index in [0.717, 1.165) is 0 Å². The van der Waals surface area contributed by atoms with Crippen LogP contribution in [-0.4, -0.2) is 132 Å². The van der Waals surface area contributed by atoms with Crippen molar-refractivity contribution < 1.29 is 65.5 Å². The third-order valence-electron chi connectivity index (χ3n) is 12.4. The SMILES string of the molecule is CC(C)C(=O)Nc1nc2c(ncn2[C@@H]2O[C@H](CO)[C@@H](O[Si](C)(C)C(C)(C)C)[C@H]2OP(=O)(OCCC#N)OC[C@@]23CO[C@@H]([C@H](n4cnc5c(NC(=O)c6ccccc6)ncnc54)O2)[C@@H]3O[P+](=O)O)c(=O)[nH]1. The number of hydrogen-bond acceptors (Lipinski definition) is 20. The number of carbonyl (C=O) groups is 2. The summed E-state index contributed by atoms with van der Waals surface area (Å²) in [5.74, 6) is -1.49. The second-order valence-electron chi connectivity index (χ2n) is 18.5. The van der Waals surface area contributed by atoms with Crippen LogP contribution >= 0.6 is 16.1 Å². The minimum absolute atomic E-state index is 0.0802. The van der Waals surface area contributed by atoms with Crippen molar-refractivity contribution >= 4 is 70.3 Å². The Morgan fingerprint density at radius 2 is 1.77 bits per heavy atom. The average molecular weight is 1030 g/mol. The Balaban J connectivity index is 1.14. The normalized spacial score (nSPS) is 25.6. The predicted octanol–water partition coefficient (Wildman–Crippen LogP) is 4.23. The molecule has 5 aromatic rings. The minimum Gasteiger partial charge on any atom is -0.408 e. The fraction of sp³-hybridized carbons (Fsp3) is 0.537. The number of phosphoric ester groups is 1. The molecule has 3 aliphatic heterocycles. The number of anilines is 2. The molecule has 5 N–H and O–H groups in total. The number of aromatic amines is 1. The van der Waals surface area contributed by atoms with Crippen molar-refractivity contribution in [1.82, 2.24) is 39.0 Å². The molecule has 2 amide bonds. The summed E-state index contributed by atoms with van der Waals surface area (Å²) in [5, 5.41) is 25.2. The molecule has 2 unspecified atom stereocenters. The summed E-state index contributed by atoms with van der Waals surface area (Å²) < 4.78 is 80.2. The van der Waals surface area contributed by atoms with E-state index in [2.05, 4.69) is 40.5 Å². The number of hydrogen-bond donors (Lipinski definition) is 5. The van der Waals surface area contributed by atoms with Crippen molar-refractivity contribution in [2.24, 2.45) is 5.92 Å². The lowest BCUT2D eigenvalue weighted by Crippen LogP contribution is -2.50. The topological polar surface area (TPSA) is 338 Å². The summed E-state index contributed by atoms with van der Waals surface area (Å²) in [6, 6.07) is 10.3. The van der Waals surface area contributed by atoms with Crippen LogP contribution in [0, 0.1) is 17.2 Å². The summed E-state index contributed by atoms with van der Waals surface area (Å²) in [4.78, 5) is 73.3. The number of imidazole rings is 2. The van der Waals surface area contributed by atoms with Gasteiger partial charge in [0.2, 0.25) is 11.9 Å². The maximum atomic E-state index is 15.3. The Kier molecular flexibility index (Phi) is 14.6. The number of rotatable bonds is 19. The van der Waals surface area contributed by atoms with Gasteiger partial charge in [-0.1, -0.05) is 52.8 Å². The van der Waals surface area contributed by atoms with E-state index < -0.39 is 121 Å². The van der Waals surface area contributed by atoms with Gasteiger partial charge in [-0.05, 0) is 30.3 Å². The maximum absolute atomic E-state index is 15.3. The van der Waals surface area contributed by atoms with Crippen LogP contribution in [0.5, 0.6) is 0 Å². The van der Waals surface area contributed by atoms with E-state index in [-0.39, 0.29) is 47.1 Å². The van der Waals surface area contributed by atoms with Crippen LogP contribution in [0.4, 0.5) is 11.8 Å². The molecule has 70 heavy (non-hydrogen) atoms. The molecule has 0 saturated carbocycles. The van der Waals surface area contributed by atoms with Gasteiger partial charge in [-0.25, -0.2) is 24.5 Å². The molecular formula is C41H52N11O15P2Si+. The van der Waals surface area contributed by atoms with Crippen LogP contribution in [-0.2, 0) is 50.7 Å². The third kappa shape index (κ3) is 10.1. The summed E-state index contributed by atoms with van der Waals surface area (Å²) in [7, 11) is -11.1. The highest BCUT2D eigenvalue weighted by Gasteiger charge is 2.67. The highest BCUT2D eigenvalue weighted by Crippen LogP contribution is 2.58. The van der Waals surface area contributed by atoms with Crippen molar-refractivity contribution in [3.63, 3.8) is 0 Å². The van der Waals surface area contributed by atoms with Crippen molar-refractivity contribution in [3.05, 3.63) is 65.2 Å². The first-order chi connectivity index (χ1) is 33.2. The molecule has 3 fully saturated rings. The van der Waals surface area contributed by atoms with Gasteiger partial charge in [0.1, 0.15) is 30.7 Å². The fourth-order valence-electron chi connectivity index (χ4n) is 7.79. The summed E-state index contributed by atoms with van der Waals surface area (Å²) in [6.07, 6.45) is -5.45. The van der Waals surface area contributed by atoms with E-state index in [0.29, 0.717) is 5.56 Å². The number of aliphatic hydroxyl groups is 1. The molecule has 4 aromatic heterocycles. The van der Waals surface area contributed by atoms with E-state index >= 15 is 4.57 Å². The second kappa shape index (κ2) is 20.1. The lowest BCUT2D eigenvalue weighted by Gasteiger charge is -2.40. The Morgan fingerprint density at radius 1 is 1.06 bits per heavy atom. The van der Waals surface area contributed by atoms with Crippen molar-refractivity contribution in [2.45, 2.75) is 108 Å². The molecule has 10 atom stereocenters. The largest absolute Gasteiger partial charge is 0.695 e. The fourth-order valence-corrected chi connectivity index (χ4v) is 11.0. The van der Waals surface area contributed by atoms with Crippen LogP contribution < -0.4 is 16.2 Å². The lowest BCUT2D eigenvalue weighted by atomic mass is 10.0. The Labute approximate surface area is 401 Å². The number of fused-ring (bicyclic) bond motifs is 4. The number of H-pyrrole nitrogens is 1. The molecule has 0 aliphatic carbocycles. The predicted molar refractivity (Wildman–Crippen MR) is 246 cm³/mol. The van der Waals surface area contributed by atoms with Gasteiger partial charge in [-0.3, -0.25) is 47.4 Å². The van der Waals surface area contributed by atoms with Crippen molar-refractivity contribution in [3.8, 4) is 6.07 Å². The minimum atomic E-state index is -5.01. The molecule has 0 spiro atoms. The number of nitrogens with one attached hydrogen (secondary N) is 3. The zero-order valence-corrected chi connectivity index (χ0v) is 41.7. The molecule has 0 radical (unpaired) electrons. The van der Waals surface area contributed by atoms with Crippen LogP contribution in [0.15, 0.2) is 54.1 Å². The molecular weight excluding hydrogens is 977 g/mol. The van der Waals surface area contributed by atoms with Crippen LogP contribution in [0.1, 0.15) is 63.9 Å². The number of amides is 2. The number of aliphatic hydroxyl groups excluding tert-OH is 1. The standard InChI is InChI=1S/C41H51N11O15P2Si/c1-22(2)34(54)49-39-48-33-26(36(56)50-39)46-21-52(33)37-28(27(24(16-53)63-37)67-70(6,7)40(3,4)5)66-69(59,61-15-11-14-42)62-18-41-17-60-29(30(41)65-68(57)58)38(64-41)51-20-45-25-31(43-19-44-32(25)51)47-35(55)23-12-9-8-10-13-23/h8-10,12-13,19-22,24,27-30,37-38,53H,11,15-18H2,1-7H3,(H3-,43,44,47,48,49,50,54,55,56,57,58)/p+1/t24-,27-,28-,29-,30+,37-,38-,41-,69?/m1/s1. The highest BCUT2D eigenvalue weighted by molar-refractivity contribution is 7.48. The van der Waals surface area contributed by atoms with Crippen LogP contribution in [0.2, 0.25) is 18.1 Å². The number of nitriles is 1. The van der Waals surface area contributed by atoms with Crippen molar-refractivity contribution in [1.29, 1.82) is 5.26 Å². The van der Waals surface area contributed by atoms with Gasteiger partial charge in [0.25, 0.3) is 11.5 Å². The monoisotopic (exact) mass is 1030 g/mol. The summed E-state index contributed by atoms with van der Waals surface area (Å²) >= 11 is 0. The summed E-state index contributed by atoms with van der Waals surface area (Å²) in [5.41, 5.74) is -2.05. The third-order valence-corrected chi connectivity index (χ3v) is 18.8. The zero-order valence-electron chi connectivity index (χ0n) is 38.9. The quantitative estimate of drug-likeness (QED) is 0.0439. The average Bonchev–Trinajstić information content (AvgIpc) is 4.13. The van der Waals surface area contributed by atoms with Gasteiger partial charge in [-0.15, -0.1) is 9.42 Å². The Bertz CT molecular complexity index is 2930. The molecule has 3 saturated heterocycles. The Hall–Kier alpha value is -5.30. The van der Waals surface area contributed by atoms with E-state index in [1.165, 1.54) is 28.1 Å². The van der Waals surface area contributed by atoms with Gasteiger partial charge >= 0.3 is 16.1 Å². The van der Waals surface area contributed by atoms with E-state index in [9.17, 15) is 34.2 Å². The van der Waals surface area contributed by atoms with Gasteiger partial charge in [0.05, 0.1) is 51.6 Å². The first-order valence-corrected chi connectivity index (χ1v) is 27.5. The molecule has 2 bridgehead atoms. The van der Waals surface area contributed by atoms with E-state index in [1.54, 1.807) is 44.2 Å². The number of ether oxygens (including phenoxy) is 3. The summed E-state index contributed by atoms with van der Waals surface area (Å²) in [6.45, 7) is 11.0. The molecule has 8 rings (SSSR count). The first-order valence-electron chi connectivity index (χ1n) is 22.0. The molecule has 3 aliphatic rings. The smallest absolute Gasteiger partial charge is 0.408 e. The molecule has 29 heteroatoms. The van der Waals surface area contributed by atoms with Gasteiger partial charge in [0.15, 0.2) is 60.6 Å². The van der Waals surface area contributed by atoms with E-state index in [4.69, 9.17) is 36.7 Å². The second-order valence-corrected chi connectivity index (χ2v) is 25.5. The van der Waals surface area contributed by atoms with Gasteiger partial charge in [-0.2, -0.15) is 10.2 Å². The van der Waals surface area contributed by atoms with Gasteiger partial charge < -0.3 is 29.1 Å². The number of carbonyl (C=O) groups excluding carboxylic acids is 2. The van der Waals surface area contributed by atoms with Crippen molar-refractivity contribution in [2.75, 3.05) is 37.1 Å². The van der Waals surface area contributed by atoms with Gasteiger partial charge in [0, 0.05) is 16.0 Å². The molecule has 1 aromatic carbocycles. The molecule has 374 valence electrons. The number of phosphoric acid groups is 1.